The lowest BCUT2D eigenvalue weighted by Crippen LogP contribution is -2.40. The monoisotopic (exact) mass is 255 g/mol. The maximum Gasteiger partial charge on any atom is 0.218 e. The number of hydrogen-bond acceptors (Lipinski definition) is 3. The molecule has 1 aliphatic heterocycles. The number of rotatable bonds is 3. The van der Waals surface area contributed by atoms with Crippen LogP contribution in [0.25, 0.3) is 0 Å². The molecule has 94 valence electrons. The SMILES string of the molecule is O=S(=O)(Cc1ccccc1)N1CCC(O)CC1. The molecule has 0 aliphatic carbocycles. The van der Waals surface area contributed by atoms with Gasteiger partial charge in [-0.05, 0) is 18.4 Å². The molecule has 1 heterocycles. The average Bonchev–Trinajstić information content (AvgIpc) is 2.30. The van der Waals surface area contributed by atoms with Gasteiger partial charge in [-0.3, -0.25) is 0 Å². The standard InChI is InChI=1S/C12H17NO3S/c14-12-6-8-13(9-7-12)17(15,16)10-11-4-2-1-3-5-11/h1-5,12,14H,6-10H2. The minimum Gasteiger partial charge on any atom is -0.393 e. The Morgan fingerprint density at radius 2 is 1.76 bits per heavy atom. The van der Waals surface area contributed by atoms with E-state index >= 15 is 0 Å². The third-order valence-electron chi connectivity index (χ3n) is 3.01. The fraction of sp³-hybridized carbons (Fsp3) is 0.500. The van der Waals surface area contributed by atoms with E-state index in [1.165, 1.54) is 4.31 Å². The van der Waals surface area contributed by atoms with E-state index in [1.54, 1.807) is 0 Å². The topological polar surface area (TPSA) is 57.6 Å². The van der Waals surface area contributed by atoms with Crippen molar-refractivity contribution in [3.05, 3.63) is 35.9 Å². The first kappa shape index (κ1) is 12.5. The Bertz CT molecular complexity index is 450. The average molecular weight is 255 g/mol. The van der Waals surface area contributed by atoms with Crippen LogP contribution in [0.5, 0.6) is 0 Å². The van der Waals surface area contributed by atoms with Crippen molar-refractivity contribution in [1.82, 2.24) is 4.31 Å². The van der Waals surface area contributed by atoms with E-state index in [4.69, 9.17) is 0 Å². The molecule has 1 fully saturated rings. The Labute approximate surface area is 102 Å². The summed E-state index contributed by atoms with van der Waals surface area (Å²) in [5.41, 5.74) is 0.804. The minimum absolute atomic E-state index is 0.0456. The van der Waals surface area contributed by atoms with Gasteiger partial charge in [0, 0.05) is 13.1 Å². The highest BCUT2D eigenvalue weighted by Gasteiger charge is 2.26. The fourth-order valence-electron chi connectivity index (χ4n) is 2.00. The minimum atomic E-state index is -3.24. The Balaban J connectivity index is 2.04. The maximum atomic E-state index is 12.1. The zero-order chi connectivity index (χ0) is 12.3. The molecule has 0 unspecified atom stereocenters. The summed E-state index contributed by atoms with van der Waals surface area (Å²) in [5, 5.41) is 9.36. The second-order valence-corrected chi connectivity index (χ2v) is 6.34. The highest BCUT2D eigenvalue weighted by Crippen LogP contribution is 2.17. The third-order valence-corrected chi connectivity index (χ3v) is 4.86. The largest absolute Gasteiger partial charge is 0.393 e. The van der Waals surface area contributed by atoms with Crippen molar-refractivity contribution in [2.75, 3.05) is 13.1 Å². The number of aliphatic hydroxyl groups is 1. The molecule has 1 aromatic carbocycles. The fourth-order valence-corrected chi connectivity index (χ4v) is 3.56. The van der Waals surface area contributed by atoms with Crippen molar-refractivity contribution in [1.29, 1.82) is 0 Å². The first-order chi connectivity index (χ1) is 8.08. The highest BCUT2D eigenvalue weighted by atomic mass is 32.2. The molecule has 0 amide bonds. The van der Waals surface area contributed by atoms with Crippen LogP contribution in [-0.4, -0.2) is 37.0 Å². The maximum absolute atomic E-state index is 12.1. The van der Waals surface area contributed by atoms with Crippen LogP contribution in [-0.2, 0) is 15.8 Å². The van der Waals surface area contributed by atoms with E-state index < -0.39 is 10.0 Å². The number of sulfonamides is 1. The Morgan fingerprint density at radius 3 is 2.35 bits per heavy atom. The molecule has 0 radical (unpaired) electrons. The van der Waals surface area contributed by atoms with Crippen molar-refractivity contribution in [2.45, 2.75) is 24.7 Å². The Kier molecular flexibility index (Phi) is 3.81. The number of piperidine rings is 1. The van der Waals surface area contributed by atoms with E-state index in [2.05, 4.69) is 0 Å². The van der Waals surface area contributed by atoms with Gasteiger partial charge < -0.3 is 5.11 Å². The van der Waals surface area contributed by atoms with Gasteiger partial charge in [0.1, 0.15) is 0 Å². The number of hydrogen-bond donors (Lipinski definition) is 1. The van der Waals surface area contributed by atoms with Crippen LogP contribution in [0, 0.1) is 0 Å². The summed E-state index contributed by atoms with van der Waals surface area (Å²) in [5.74, 6) is 0.0456. The molecule has 2 rings (SSSR count). The summed E-state index contributed by atoms with van der Waals surface area (Å²) in [6.07, 6.45) is 0.723. The Morgan fingerprint density at radius 1 is 1.18 bits per heavy atom. The molecule has 1 saturated heterocycles. The summed E-state index contributed by atoms with van der Waals surface area (Å²) >= 11 is 0. The molecule has 1 aliphatic rings. The zero-order valence-corrected chi connectivity index (χ0v) is 10.4. The molecule has 0 atom stereocenters. The predicted octanol–water partition coefficient (Wildman–Crippen LogP) is 0.973. The van der Waals surface area contributed by atoms with Crippen LogP contribution < -0.4 is 0 Å². The zero-order valence-electron chi connectivity index (χ0n) is 9.62. The lowest BCUT2D eigenvalue weighted by Gasteiger charge is -2.28. The van der Waals surface area contributed by atoms with Crippen LogP contribution in [0.1, 0.15) is 18.4 Å². The summed E-state index contributed by atoms with van der Waals surface area (Å²) in [6, 6.07) is 9.18. The van der Waals surface area contributed by atoms with Crippen LogP contribution in [0.2, 0.25) is 0 Å². The number of aliphatic hydroxyl groups excluding tert-OH is 1. The molecule has 0 spiro atoms. The molecule has 0 aromatic heterocycles. The van der Waals surface area contributed by atoms with Gasteiger partial charge in [0.15, 0.2) is 0 Å². The summed E-state index contributed by atoms with van der Waals surface area (Å²) in [6.45, 7) is 0.854. The van der Waals surface area contributed by atoms with Crippen LogP contribution in [0.3, 0.4) is 0 Å². The van der Waals surface area contributed by atoms with Crippen LogP contribution in [0.15, 0.2) is 30.3 Å². The van der Waals surface area contributed by atoms with E-state index in [1.807, 2.05) is 30.3 Å². The molecule has 17 heavy (non-hydrogen) atoms. The smallest absolute Gasteiger partial charge is 0.218 e. The molecule has 1 N–H and O–H groups in total. The summed E-state index contributed by atoms with van der Waals surface area (Å²) < 4.78 is 25.7. The van der Waals surface area contributed by atoms with Crippen LogP contribution >= 0.6 is 0 Å². The van der Waals surface area contributed by atoms with Gasteiger partial charge in [0.2, 0.25) is 10.0 Å². The summed E-state index contributed by atoms with van der Waals surface area (Å²) in [7, 11) is -3.24. The predicted molar refractivity (Wildman–Crippen MR) is 65.9 cm³/mol. The molecule has 4 nitrogen and oxygen atoms in total. The molecule has 1 aromatic rings. The summed E-state index contributed by atoms with van der Waals surface area (Å²) in [4.78, 5) is 0. The van der Waals surface area contributed by atoms with Crippen LogP contribution in [0.4, 0.5) is 0 Å². The Hall–Kier alpha value is -0.910. The first-order valence-electron chi connectivity index (χ1n) is 5.78. The van der Waals surface area contributed by atoms with Crippen molar-refractivity contribution in [3.8, 4) is 0 Å². The van der Waals surface area contributed by atoms with E-state index in [-0.39, 0.29) is 11.9 Å². The van der Waals surface area contributed by atoms with Gasteiger partial charge >= 0.3 is 0 Å². The van der Waals surface area contributed by atoms with E-state index in [9.17, 15) is 13.5 Å². The van der Waals surface area contributed by atoms with Crippen molar-refractivity contribution >= 4 is 10.0 Å². The normalized spacial score (nSPS) is 19.4. The molecule has 0 saturated carbocycles. The second kappa shape index (κ2) is 5.16. The quantitative estimate of drug-likeness (QED) is 0.875. The number of nitrogens with zero attached hydrogens (tertiary/aromatic N) is 1. The molecule has 5 heteroatoms. The molecular formula is C12H17NO3S. The van der Waals surface area contributed by atoms with E-state index in [0.29, 0.717) is 25.9 Å². The van der Waals surface area contributed by atoms with Crippen molar-refractivity contribution in [2.24, 2.45) is 0 Å². The molecular weight excluding hydrogens is 238 g/mol. The van der Waals surface area contributed by atoms with E-state index in [0.717, 1.165) is 5.56 Å². The first-order valence-corrected chi connectivity index (χ1v) is 7.39. The lowest BCUT2D eigenvalue weighted by molar-refractivity contribution is 0.113. The van der Waals surface area contributed by atoms with Gasteiger partial charge in [-0.2, -0.15) is 0 Å². The van der Waals surface area contributed by atoms with Crippen molar-refractivity contribution in [3.63, 3.8) is 0 Å². The van der Waals surface area contributed by atoms with Crippen molar-refractivity contribution < 1.29 is 13.5 Å². The molecule has 0 bridgehead atoms. The van der Waals surface area contributed by atoms with Gasteiger partial charge in [0.25, 0.3) is 0 Å². The van der Waals surface area contributed by atoms with Gasteiger partial charge in [0.05, 0.1) is 11.9 Å². The van der Waals surface area contributed by atoms with Gasteiger partial charge in [-0.15, -0.1) is 0 Å². The van der Waals surface area contributed by atoms with Gasteiger partial charge in [-0.25, -0.2) is 12.7 Å². The highest BCUT2D eigenvalue weighted by molar-refractivity contribution is 7.88. The lowest BCUT2D eigenvalue weighted by atomic mass is 10.1. The van der Waals surface area contributed by atoms with Gasteiger partial charge in [-0.1, -0.05) is 30.3 Å². The number of benzene rings is 1. The third kappa shape index (κ3) is 3.28. The second-order valence-electron chi connectivity index (χ2n) is 4.37.